The van der Waals surface area contributed by atoms with E-state index < -0.39 is 97.5 Å². The minimum atomic E-state index is -4.95. The first-order chi connectivity index (χ1) is 42.9. The molecule has 0 aliphatic rings. The summed E-state index contributed by atoms with van der Waals surface area (Å²) in [6.07, 6.45) is 47.2. The van der Waals surface area contributed by atoms with E-state index in [1.165, 1.54) is 173 Å². The largest absolute Gasteiger partial charge is 0.472 e. The summed E-state index contributed by atoms with van der Waals surface area (Å²) in [5.74, 6) is -0.634. The van der Waals surface area contributed by atoms with Crippen LogP contribution in [-0.4, -0.2) is 96.7 Å². The molecule has 528 valence electrons. The van der Waals surface area contributed by atoms with Crippen LogP contribution in [0.25, 0.3) is 0 Å². The second-order valence-electron chi connectivity index (χ2n) is 26.2. The molecular formula is C70H136O17P2. The normalized spacial score (nSPS) is 14.1. The highest BCUT2D eigenvalue weighted by Crippen LogP contribution is 2.45. The second-order valence-corrected chi connectivity index (χ2v) is 29.1. The Morgan fingerprint density at radius 1 is 0.303 bits per heavy atom. The predicted molar refractivity (Wildman–Crippen MR) is 358 cm³/mol. The number of ether oxygens (including phenoxy) is 4. The number of phosphoric ester groups is 2. The van der Waals surface area contributed by atoms with Gasteiger partial charge in [-0.1, -0.05) is 305 Å². The molecule has 0 aromatic rings. The molecule has 0 bridgehead atoms. The summed E-state index contributed by atoms with van der Waals surface area (Å²) in [5.41, 5.74) is 0. The van der Waals surface area contributed by atoms with Gasteiger partial charge in [-0.25, -0.2) is 9.13 Å². The first-order valence-electron chi connectivity index (χ1n) is 36.5. The van der Waals surface area contributed by atoms with Gasteiger partial charge in [0.2, 0.25) is 0 Å². The van der Waals surface area contributed by atoms with Gasteiger partial charge in [0.25, 0.3) is 0 Å². The van der Waals surface area contributed by atoms with E-state index in [1.54, 1.807) is 0 Å². The van der Waals surface area contributed by atoms with Crippen molar-refractivity contribution in [3.05, 3.63) is 0 Å². The van der Waals surface area contributed by atoms with Crippen molar-refractivity contribution in [3.63, 3.8) is 0 Å². The highest BCUT2D eigenvalue weighted by Gasteiger charge is 2.30. The first kappa shape index (κ1) is 87.1. The topological polar surface area (TPSA) is 237 Å². The van der Waals surface area contributed by atoms with E-state index in [2.05, 4.69) is 41.5 Å². The third-order valence-corrected chi connectivity index (χ3v) is 18.1. The molecule has 0 saturated heterocycles. The lowest BCUT2D eigenvalue weighted by atomic mass is 10.0. The maximum Gasteiger partial charge on any atom is 0.472 e. The zero-order chi connectivity index (χ0) is 65.7. The lowest BCUT2D eigenvalue weighted by molar-refractivity contribution is -0.161. The highest BCUT2D eigenvalue weighted by atomic mass is 31.2. The molecule has 19 heteroatoms. The molecule has 0 aliphatic carbocycles. The molecule has 0 saturated carbocycles. The number of hydrogen-bond donors (Lipinski definition) is 3. The average molecular weight is 1310 g/mol. The van der Waals surface area contributed by atoms with Crippen molar-refractivity contribution in [2.75, 3.05) is 39.6 Å². The minimum absolute atomic E-state index is 0.104. The van der Waals surface area contributed by atoms with E-state index in [0.29, 0.717) is 31.6 Å². The van der Waals surface area contributed by atoms with Crippen LogP contribution in [0.2, 0.25) is 0 Å². The maximum absolute atomic E-state index is 13.0. The molecule has 0 aliphatic heterocycles. The standard InChI is InChI=1S/C70H136O17P2/c1-7-9-11-13-15-17-19-25-29-35-41-47-53-68(73)81-58-65(86-69(74)54-48-42-36-30-26-23-21-20-22-24-27-32-38-44-50-62(3)4)60-84-88(76,77)82-56-64(71)57-83-89(78,79)85-61-66(87-70(75)55-49-43-37-31-33-39-45-51-63(5)6)59-80-67(72)52-46-40-34-28-18-16-14-12-10-8-2/h62-66,71H,7-61H2,1-6H3,(H,76,77)(H,78,79)/t64-,65-,66-/m1/s1. The van der Waals surface area contributed by atoms with Crippen LogP contribution < -0.4 is 0 Å². The zero-order valence-electron chi connectivity index (χ0n) is 57.7. The number of rotatable bonds is 69. The molecule has 0 amide bonds. The number of hydrogen-bond acceptors (Lipinski definition) is 15. The van der Waals surface area contributed by atoms with Crippen molar-refractivity contribution in [2.24, 2.45) is 11.8 Å². The Kier molecular flexibility index (Phi) is 60.8. The van der Waals surface area contributed by atoms with Gasteiger partial charge in [0.05, 0.1) is 26.4 Å². The fourth-order valence-corrected chi connectivity index (χ4v) is 12.2. The van der Waals surface area contributed by atoms with Gasteiger partial charge in [0, 0.05) is 25.7 Å². The average Bonchev–Trinajstić information content (AvgIpc) is 3.71. The molecule has 89 heavy (non-hydrogen) atoms. The number of phosphoric acid groups is 2. The fraction of sp³-hybridized carbons (Fsp3) is 0.943. The van der Waals surface area contributed by atoms with E-state index >= 15 is 0 Å². The van der Waals surface area contributed by atoms with Gasteiger partial charge in [-0.3, -0.25) is 37.3 Å². The van der Waals surface area contributed by atoms with Crippen LogP contribution in [0.4, 0.5) is 0 Å². The number of esters is 4. The third kappa shape index (κ3) is 64.6. The number of aliphatic hydroxyl groups excluding tert-OH is 1. The Labute approximate surface area is 543 Å². The van der Waals surface area contributed by atoms with Gasteiger partial charge in [-0.05, 0) is 37.5 Å². The van der Waals surface area contributed by atoms with Gasteiger partial charge < -0.3 is 33.8 Å². The Balaban J connectivity index is 5.22. The van der Waals surface area contributed by atoms with Crippen molar-refractivity contribution in [1.29, 1.82) is 0 Å². The smallest absolute Gasteiger partial charge is 0.462 e. The van der Waals surface area contributed by atoms with Gasteiger partial charge in [0.15, 0.2) is 12.2 Å². The summed E-state index contributed by atoms with van der Waals surface area (Å²) in [6, 6.07) is 0. The number of carbonyl (C=O) groups excluding carboxylic acids is 4. The predicted octanol–water partition coefficient (Wildman–Crippen LogP) is 20.0. The summed E-state index contributed by atoms with van der Waals surface area (Å²) in [4.78, 5) is 72.5. The zero-order valence-corrected chi connectivity index (χ0v) is 59.5. The van der Waals surface area contributed by atoms with Gasteiger partial charge in [0.1, 0.15) is 19.3 Å². The molecular weight excluding hydrogens is 1170 g/mol. The Morgan fingerprint density at radius 2 is 0.517 bits per heavy atom. The van der Waals surface area contributed by atoms with Crippen LogP contribution >= 0.6 is 15.6 Å². The van der Waals surface area contributed by atoms with Crippen molar-refractivity contribution in [3.8, 4) is 0 Å². The maximum atomic E-state index is 13.0. The van der Waals surface area contributed by atoms with Crippen molar-refractivity contribution in [2.45, 2.75) is 374 Å². The molecule has 0 fully saturated rings. The van der Waals surface area contributed by atoms with Gasteiger partial charge in [-0.15, -0.1) is 0 Å². The molecule has 3 N–H and O–H groups in total. The lowest BCUT2D eigenvalue weighted by Crippen LogP contribution is -2.30. The van der Waals surface area contributed by atoms with Crippen LogP contribution in [0.15, 0.2) is 0 Å². The van der Waals surface area contributed by atoms with Crippen LogP contribution in [0, 0.1) is 11.8 Å². The number of unbranched alkanes of at least 4 members (excludes halogenated alkanes) is 39. The third-order valence-electron chi connectivity index (χ3n) is 16.2. The van der Waals surface area contributed by atoms with E-state index in [-0.39, 0.29) is 25.7 Å². The molecule has 17 nitrogen and oxygen atoms in total. The van der Waals surface area contributed by atoms with Gasteiger partial charge >= 0.3 is 39.5 Å². The monoisotopic (exact) mass is 1310 g/mol. The first-order valence-corrected chi connectivity index (χ1v) is 39.5. The Bertz CT molecular complexity index is 1730. The van der Waals surface area contributed by atoms with E-state index in [0.717, 1.165) is 95.8 Å². The van der Waals surface area contributed by atoms with Crippen LogP contribution in [0.5, 0.6) is 0 Å². The number of aliphatic hydroxyl groups is 1. The summed E-state index contributed by atoms with van der Waals surface area (Å²) < 4.78 is 68.2. The quantitative estimate of drug-likeness (QED) is 0.0222. The van der Waals surface area contributed by atoms with Crippen molar-refractivity contribution in [1.82, 2.24) is 0 Å². The van der Waals surface area contributed by atoms with E-state index in [9.17, 15) is 43.2 Å². The van der Waals surface area contributed by atoms with E-state index in [4.69, 9.17) is 37.0 Å². The SMILES string of the molecule is CCCCCCCCCCCCCCC(=O)OC[C@H](COP(=O)(O)OC[C@@H](O)COP(=O)(O)OC[C@@H](COC(=O)CCCCCCCCCCCC)OC(=O)CCCCCCCCCC(C)C)OC(=O)CCCCCCCCCCCCCCCCC(C)C. The molecule has 0 aromatic heterocycles. The highest BCUT2D eigenvalue weighted by molar-refractivity contribution is 7.47. The number of carbonyl (C=O) groups is 4. The van der Waals surface area contributed by atoms with Crippen LogP contribution in [-0.2, 0) is 65.4 Å². The fourth-order valence-electron chi connectivity index (χ4n) is 10.6. The van der Waals surface area contributed by atoms with Crippen LogP contribution in [0.1, 0.15) is 356 Å². The summed E-state index contributed by atoms with van der Waals surface area (Å²) in [6.45, 7) is 9.50. The Morgan fingerprint density at radius 3 is 0.764 bits per heavy atom. The van der Waals surface area contributed by atoms with Crippen molar-refractivity contribution < 1.29 is 80.2 Å². The summed E-state index contributed by atoms with van der Waals surface area (Å²) >= 11 is 0. The van der Waals surface area contributed by atoms with Crippen molar-refractivity contribution >= 4 is 39.5 Å². The summed E-state index contributed by atoms with van der Waals surface area (Å²) in [5, 5.41) is 10.6. The second kappa shape index (κ2) is 62.2. The Hall–Kier alpha value is -1.94. The molecule has 0 radical (unpaired) electrons. The van der Waals surface area contributed by atoms with Crippen LogP contribution in [0.3, 0.4) is 0 Å². The molecule has 0 spiro atoms. The molecule has 0 aromatic carbocycles. The molecule has 2 unspecified atom stereocenters. The van der Waals surface area contributed by atoms with E-state index in [1.807, 2.05) is 0 Å². The lowest BCUT2D eigenvalue weighted by Gasteiger charge is -2.21. The summed E-state index contributed by atoms with van der Waals surface area (Å²) in [7, 11) is -9.90. The molecule has 5 atom stereocenters. The minimum Gasteiger partial charge on any atom is -0.462 e. The molecule has 0 rings (SSSR count). The van der Waals surface area contributed by atoms with Gasteiger partial charge in [-0.2, -0.15) is 0 Å². The molecule has 0 heterocycles.